The van der Waals surface area contributed by atoms with Crippen LogP contribution in [-0.4, -0.2) is 34.0 Å². The largest absolute Gasteiger partial charge is 0.481 e. The molecule has 19 heavy (non-hydrogen) atoms. The van der Waals surface area contributed by atoms with E-state index >= 15 is 0 Å². The number of halogens is 1. The fraction of sp³-hybridized carbons (Fsp3) is 0.417. The molecule has 1 aromatic rings. The molecule has 0 aromatic heterocycles. The molecule has 0 saturated heterocycles. The van der Waals surface area contributed by atoms with Gasteiger partial charge in [0.25, 0.3) is 5.69 Å². The van der Waals surface area contributed by atoms with Crippen LogP contribution in [0, 0.1) is 10.1 Å². The maximum absolute atomic E-state index is 10.6. The second-order valence-corrected chi connectivity index (χ2v) is 4.45. The minimum absolute atomic E-state index is 0.0534. The van der Waals surface area contributed by atoms with Crippen LogP contribution in [0.1, 0.15) is 18.9 Å². The number of nitro groups is 1. The number of hydrogen-bond acceptors (Lipinski definition) is 4. The minimum atomic E-state index is -0.853. The Morgan fingerprint density at radius 3 is 2.68 bits per heavy atom. The molecule has 0 bridgehead atoms. The van der Waals surface area contributed by atoms with Crippen molar-refractivity contribution in [1.82, 2.24) is 4.90 Å². The van der Waals surface area contributed by atoms with Crippen molar-refractivity contribution in [2.75, 3.05) is 13.1 Å². The minimum Gasteiger partial charge on any atom is -0.481 e. The molecule has 0 saturated carbocycles. The van der Waals surface area contributed by atoms with E-state index in [1.165, 1.54) is 12.1 Å². The molecule has 0 aliphatic rings. The van der Waals surface area contributed by atoms with E-state index in [0.717, 1.165) is 5.56 Å². The van der Waals surface area contributed by atoms with Crippen LogP contribution in [0.5, 0.6) is 0 Å². The number of carboxylic acid groups (broad SMARTS) is 1. The van der Waals surface area contributed by atoms with Crippen LogP contribution in [0.2, 0.25) is 5.02 Å². The van der Waals surface area contributed by atoms with E-state index in [4.69, 9.17) is 16.7 Å². The predicted molar refractivity (Wildman–Crippen MR) is 71.3 cm³/mol. The number of nitro benzene ring substituents is 1. The first kappa shape index (κ1) is 15.4. The first-order valence-electron chi connectivity index (χ1n) is 5.81. The number of carboxylic acids is 1. The molecule has 0 aliphatic heterocycles. The molecule has 0 radical (unpaired) electrons. The molecule has 0 fully saturated rings. The molecule has 7 heteroatoms. The highest BCUT2D eigenvalue weighted by Gasteiger charge is 2.12. The van der Waals surface area contributed by atoms with E-state index in [2.05, 4.69) is 0 Å². The second kappa shape index (κ2) is 7.06. The van der Waals surface area contributed by atoms with E-state index in [9.17, 15) is 14.9 Å². The van der Waals surface area contributed by atoms with Crippen LogP contribution in [0.4, 0.5) is 5.69 Å². The highest BCUT2D eigenvalue weighted by atomic mass is 35.5. The molecule has 1 rings (SSSR count). The molecule has 0 heterocycles. The van der Waals surface area contributed by atoms with Gasteiger partial charge in [0, 0.05) is 25.2 Å². The van der Waals surface area contributed by atoms with Crippen LogP contribution in [-0.2, 0) is 11.3 Å². The number of hydrogen-bond donors (Lipinski definition) is 1. The first-order valence-corrected chi connectivity index (χ1v) is 6.18. The molecule has 0 amide bonds. The number of non-ortho nitro benzene ring substituents is 1. The average molecular weight is 287 g/mol. The zero-order valence-electron chi connectivity index (χ0n) is 10.5. The number of aliphatic carboxylic acids is 1. The molecule has 1 N–H and O–H groups in total. The van der Waals surface area contributed by atoms with Crippen molar-refractivity contribution in [3.63, 3.8) is 0 Å². The summed E-state index contributed by atoms with van der Waals surface area (Å²) in [6.45, 7) is 3.49. The molecule has 6 nitrogen and oxygen atoms in total. The van der Waals surface area contributed by atoms with E-state index in [-0.39, 0.29) is 12.1 Å². The predicted octanol–water partition coefficient (Wildman–Crippen LogP) is 2.54. The fourth-order valence-corrected chi connectivity index (χ4v) is 1.86. The summed E-state index contributed by atoms with van der Waals surface area (Å²) in [6, 6.07) is 4.30. The third-order valence-electron chi connectivity index (χ3n) is 2.73. The summed E-state index contributed by atoms with van der Waals surface area (Å²) in [5, 5.41) is 19.6. The van der Waals surface area contributed by atoms with Crippen molar-refractivity contribution in [1.29, 1.82) is 0 Å². The van der Waals surface area contributed by atoms with Crippen molar-refractivity contribution >= 4 is 23.3 Å². The van der Waals surface area contributed by atoms with Gasteiger partial charge in [-0.05, 0) is 18.2 Å². The summed E-state index contributed by atoms with van der Waals surface area (Å²) in [5.41, 5.74) is 0.696. The van der Waals surface area contributed by atoms with Crippen LogP contribution in [0.25, 0.3) is 0 Å². The van der Waals surface area contributed by atoms with Crippen molar-refractivity contribution in [2.45, 2.75) is 19.9 Å². The van der Waals surface area contributed by atoms with E-state index < -0.39 is 10.9 Å². The van der Waals surface area contributed by atoms with Gasteiger partial charge in [-0.2, -0.15) is 0 Å². The van der Waals surface area contributed by atoms with Gasteiger partial charge in [-0.3, -0.25) is 19.8 Å². The maximum Gasteiger partial charge on any atom is 0.304 e. The summed E-state index contributed by atoms with van der Waals surface area (Å²) in [7, 11) is 0. The average Bonchev–Trinajstić information content (AvgIpc) is 2.35. The van der Waals surface area contributed by atoms with Gasteiger partial charge >= 0.3 is 5.97 Å². The van der Waals surface area contributed by atoms with E-state index in [0.29, 0.717) is 24.7 Å². The highest BCUT2D eigenvalue weighted by molar-refractivity contribution is 6.31. The second-order valence-electron chi connectivity index (χ2n) is 4.05. The zero-order chi connectivity index (χ0) is 14.4. The highest BCUT2D eigenvalue weighted by Crippen LogP contribution is 2.23. The van der Waals surface area contributed by atoms with Gasteiger partial charge in [-0.15, -0.1) is 0 Å². The Bertz CT molecular complexity index is 479. The number of nitrogens with zero attached hydrogens (tertiary/aromatic N) is 2. The SMILES string of the molecule is CCN(CCC(=O)O)Cc1ccc([N+](=O)[O-])cc1Cl. The first-order chi connectivity index (χ1) is 8.93. The van der Waals surface area contributed by atoms with Gasteiger partial charge < -0.3 is 5.11 Å². The number of benzene rings is 1. The molecule has 0 atom stereocenters. The summed E-state index contributed by atoms with van der Waals surface area (Å²) in [6.07, 6.45) is 0.0540. The normalized spacial score (nSPS) is 10.7. The van der Waals surface area contributed by atoms with E-state index in [1.54, 1.807) is 6.07 Å². The van der Waals surface area contributed by atoms with Gasteiger partial charge in [-0.25, -0.2) is 0 Å². The maximum atomic E-state index is 10.6. The summed E-state index contributed by atoms with van der Waals surface area (Å²) >= 11 is 5.99. The third kappa shape index (κ3) is 4.84. The summed E-state index contributed by atoms with van der Waals surface area (Å²) in [4.78, 5) is 22.5. The Hall–Kier alpha value is -1.66. The Morgan fingerprint density at radius 1 is 1.53 bits per heavy atom. The van der Waals surface area contributed by atoms with Crippen molar-refractivity contribution in [2.24, 2.45) is 0 Å². The number of rotatable bonds is 7. The molecular formula is C12H15ClN2O4. The lowest BCUT2D eigenvalue weighted by Crippen LogP contribution is -2.25. The summed E-state index contributed by atoms with van der Waals surface area (Å²) < 4.78 is 0. The molecule has 0 aliphatic carbocycles. The lowest BCUT2D eigenvalue weighted by Gasteiger charge is -2.20. The zero-order valence-corrected chi connectivity index (χ0v) is 11.3. The molecule has 0 unspecified atom stereocenters. The Labute approximate surface area is 115 Å². The number of carbonyl (C=O) groups is 1. The quantitative estimate of drug-likeness (QED) is 0.615. The smallest absolute Gasteiger partial charge is 0.304 e. The lowest BCUT2D eigenvalue weighted by molar-refractivity contribution is -0.384. The van der Waals surface area contributed by atoms with Crippen molar-refractivity contribution in [3.05, 3.63) is 38.9 Å². The van der Waals surface area contributed by atoms with Crippen molar-refractivity contribution < 1.29 is 14.8 Å². The summed E-state index contributed by atoms with van der Waals surface area (Å²) in [5.74, 6) is -0.853. The molecule has 104 valence electrons. The van der Waals surface area contributed by atoms with Crippen LogP contribution in [0.15, 0.2) is 18.2 Å². The fourth-order valence-electron chi connectivity index (χ4n) is 1.62. The van der Waals surface area contributed by atoms with Crippen molar-refractivity contribution in [3.8, 4) is 0 Å². The Morgan fingerprint density at radius 2 is 2.21 bits per heavy atom. The lowest BCUT2D eigenvalue weighted by atomic mass is 10.2. The van der Waals surface area contributed by atoms with Gasteiger partial charge in [0.05, 0.1) is 16.4 Å². The standard InChI is InChI=1S/C12H15ClN2O4/c1-2-14(6-5-12(16)17)8-9-3-4-10(15(18)19)7-11(9)13/h3-4,7H,2,5-6,8H2,1H3,(H,16,17). The van der Waals surface area contributed by atoms with Crippen LogP contribution >= 0.6 is 11.6 Å². The topological polar surface area (TPSA) is 83.7 Å². The van der Waals surface area contributed by atoms with Crippen LogP contribution in [0.3, 0.4) is 0 Å². The Kier molecular flexibility index (Phi) is 5.72. The van der Waals surface area contributed by atoms with Gasteiger partial charge in [0.15, 0.2) is 0 Å². The van der Waals surface area contributed by atoms with Gasteiger partial charge in [0.1, 0.15) is 0 Å². The van der Waals surface area contributed by atoms with Gasteiger partial charge in [0.2, 0.25) is 0 Å². The van der Waals surface area contributed by atoms with E-state index in [1.807, 2.05) is 11.8 Å². The van der Waals surface area contributed by atoms with Gasteiger partial charge in [-0.1, -0.05) is 18.5 Å². The van der Waals surface area contributed by atoms with Crippen LogP contribution < -0.4 is 0 Å². The molecule has 0 spiro atoms. The molecule has 1 aromatic carbocycles. The monoisotopic (exact) mass is 286 g/mol. The Balaban J connectivity index is 2.74. The molecular weight excluding hydrogens is 272 g/mol. The third-order valence-corrected chi connectivity index (χ3v) is 3.08.